The molecule has 0 N–H and O–H groups in total. The van der Waals surface area contributed by atoms with Crippen LogP contribution in [-0.2, 0) is 5.41 Å². The minimum Gasteiger partial charge on any atom is -0.256 e. The quantitative estimate of drug-likeness (QED) is 0.214. The molecular weight excluding hydrogens is 520 g/mol. The Bertz CT molecular complexity index is 1990. The van der Waals surface area contributed by atoms with Crippen molar-refractivity contribution >= 4 is 0 Å². The lowest BCUT2D eigenvalue weighted by Crippen LogP contribution is -2.28. The van der Waals surface area contributed by atoms with E-state index in [-0.39, 0.29) is 0 Å². The van der Waals surface area contributed by atoms with E-state index in [9.17, 15) is 0 Å². The first kappa shape index (κ1) is 25.1. The zero-order valence-electron chi connectivity index (χ0n) is 23.6. The van der Waals surface area contributed by atoms with Crippen LogP contribution in [-0.4, -0.2) is 9.97 Å². The number of fused-ring (bicyclic) bond motifs is 3. The van der Waals surface area contributed by atoms with Gasteiger partial charge in [-0.05, 0) is 68.8 Å². The van der Waals surface area contributed by atoms with Crippen molar-refractivity contribution in [2.75, 3.05) is 0 Å². The Morgan fingerprint density at radius 1 is 0.349 bits per heavy atom. The van der Waals surface area contributed by atoms with Crippen LogP contribution in [0.1, 0.15) is 22.3 Å². The van der Waals surface area contributed by atoms with Crippen molar-refractivity contribution < 1.29 is 0 Å². The molecule has 5 aromatic carbocycles. The molecule has 43 heavy (non-hydrogen) atoms. The topological polar surface area (TPSA) is 25.8 Å². The third-order valence-corrected chi connectivity index (χ3v) is 8.70. The summed E-state index contributed by atoms with van der Waals surface area (Å²) in [6.07, 6.45) is 3.73. The van der Waals surface area contributed by atoms with Gasteiger partial charge in [0.25, 0.3) is 0 Å². The largest absolute Gasteiger partial charge is 0.256 e. The molecule has 8 rings (SSSR count). The second-order valence-corrected chi connectivity index (χ2v) is 10.9. The third kappa shape index (κ3) is 3.95. The molecule has 0 amide bonds. The van der Waals surface area contributed by atoms with Crippen molar-refractivity contribution in [3.63, 3.8) is 0 Å². The highest BCUT2D eigenvalue weighted by atomic mass is 14.7. The Morgan fingerprint density at radius 2 is 0.907 bits per heavy atom. The summed E-state index contributed by atoms with van der Waals surface area (Å²) in [6.45, 7) is 0. The van der Waals surface area contributed by atoms with Crippen LogP contribution >= 0.6 is 0 Å². The Labute approximate surface area is 252 Å². The molecule has 0 spiro atoms. The highest BCUT2D eigenvalue weighted by molar-refractivity contribution is 6.01. The molecular formula is C41H28N2. The maximum atomic E-state index is 4.93. The molecule has 0 radical (unpaired) electrons. The number of nitrogens with zero attached hydrogens (tertiary/aromatic N) is 2. The van der Waals surface area contributed by atoms with Crippen molar-refractivity contribution in [2.24, 2.45) is 0 Å². The van der Waals surface area contributed by atoms with Crippen molar-refractivity contribution in [3.05, 3.63) is 192 Å². The van der Waals surface area contributed by atoms with Gasteiger partial charge in [0, 0.05) is 23.5 Å². The predicted octanol–water partition coefficient (Wildman–Crippen LogP) is 9.84. The van der Waals surface area contributed by atoms with Gasteiger partial charge in [0.1, 0.15) is 0 Å². The highest BCUT2D eigenvalue weighted by Gasteiger charge is 2.47. The van der Waals surface area contributed by atoms with Crippen LogP contribution in [0.2, 0.25) is 0 Å². The summed E-state index contributed by atoms with van der Waals surface area (Å²) in [5, 5.41) is 0. The van der Waals surface area contributed by atoms with Crippen LogP contribution in [0.15, 0.2) is 170 Å². The smallest absolute Gasteiger partial charge is 0.0714 e. The maximum Gasteiger partial charge on any atom is 0.0714 e. The van der Waals surface area contributed by atoms with E-state index in [0.29, 0.717) is 0 Å². The van der Waals surface area contributed by atoms with Gasteiger partial charge in [0.2, 0.25) is 0 Å². The van der Waals surface area contributed by atoms with E-state index in [1.54, 1.807) is 0 Å². The number of hydrogen-bond acceptors (Lipinski definition) is 2. The zero-order valence-corrected chi connectivity index (χ0v) is 23.6. The molecule has 1 aliphatic rings. The van der Waals surface area contributed by atoms with Crippen molar-refractivity contribution in [1.82, 2.24) is 9.97 Å². The number of pyridine rings is 2. The Balaban J connectivity index is 1.45. The van der Waals surface area contributed by atoms with Gasteiger partial charge in [-0.3, -0.25) is 9.97 Å². The first-order valence-corrected chi connectivity index (χ1v) is 14.7. The van der Waals surface area contributed by atoms with Crippen LogP contribution < -0.4 is 0 Å². The summed E-state index contributed by atoms with van der Waals surface area (Å²) in [7, 11) is 0. The van der Waals surface area contributed by atoms with Crippen molar-refractivity contribution in [1.29, 1.82) is 0 Å². The first-order valence-electron chi connectivity index (χ1n) is 14.7. The van der Waals surface area contributed by atoms with E-state index in [2.05, 4.69) is 138 Å². The van der Waals surface area contributed by atoms with E-state index < -0.39 is 5.41 Å². The van der Waals surface area contributed by atoms with Crippen molar-refractivity contribution in [3.8, 4) is 44.8 Å². The summed E-state index contributed by atoms with van der Waals surface area (Å²) in [5.41, 5.74) is 13.6. The minimum absolute atomic E-state index is 0.459. The van der Waals surface area contributed by atoms with Crippen LogP contribution in [0.4, 0.5) is 0 Å². The average molecular weight is 549 g/mol. The molecule has 0 bridgehead atoms. The van der Waals surface area contributed by atoms with E-state index in [1.807, 2.05) is 36.7 Å². The van der Waals surface area contributed by atoms with Gasteiger partial charge in [0.15, 0.2) is 0 Å². The van der Waals surface area contributed by atoms with E-state index in [4.69, 9.17) is 4.98 Å². The summed E-state index contributed by atoms with van der Waals surface area (Å²) < 4.78 is 0. The SMILES string of the molecule is c1ccc(C2(c3ccccc3)c3ccccc3-c3c2ccc(-c2ccc(-c4ccccn4)cc2)c3-c2ccccn2)cc1. The summed E-state index contributed by atoms with van der Waals surface area (Å²) in [5.74, 6) is 0. The number of aromatic nitrogens is 2. The molecule has 0 atom stereocenters. The van der Waals surface area contributed by atoms with Gasteiger partial charge in [-0.25, -0.2) is 0 Å². The third-order valence-electron chi connectivity index (χ3n) is 8.70. The fourth-order valence-corrected chi connectivity index (χ4v) is 6.90. The molecule has 2 heteroatoms. The molecule has 7 aromatic rings. The summed E-state index contributed by atoms with van der Waals surface area (Å²) in [4.78, 5) is 9.49. The van der Waals surface area contributed by atoms with E-state index in [1.165, 1.54) is 33.4 Å². The lowest BCUT2D eigenvalue weighted by Gasteiger charge is -2.34. The predicted molar refractivity (Wildman–Crippen MR) is 176 cm³/mol. The second-order valence-electron chi connectivity index (χ2n) is 10.9. The standard InChI is InChI=1S/C41H28N2/c1-3-13-31(14-4-1)41(32-15-5-2-6-16-32)35-18-8-7-17-34(35)39-36(41)26-25-33(40(39)38-20-10-12-28-43-38)29-21-23-30(24-22-29)37-19-9-11-27-42-37/h1-28H. The number of benzene rings is 5. The average Bonchev–Trinajstić information content (AvgIpc) is 3.41. The van der Waals surface area contributed by atoms with Gasteiger partial charge in [-0.1, -0.05) is 133 Å². The molecule has 2 heterocycles. The monoisotopic (exact) mass is 548 g/mol. The zero-order chi connectivity index (χ0) is 28.6. The van der Waals surface area contributed by atoms with Crippen LogP contribution in [0, 0.1) is 0 Å². The van der Waals surface area contributed by atoms with E-state index >= 15 is 0 Å². The molecule has 202 valence electrons. The van der Waals surface area contributed by atoms with Gasteiger partial charge in [-0.15, -0.1) is 0 Å². The molecule has 0 aliphatic heterocycles. The van der Waals surface area contributed by atoms with Gasteiger partial charge < -0.3 is 0 Å². The Kier molecular flexibility index (Phi) is 6.05. The minimum atomic E-state index is -0.459. The fourth-order valence-electron chi connectivity index (χ4n) is 6.90. The Hall–Kier alpha value is -5.60. The molecule has 0 saturated carbocycles. The highest BCUT2D eigenvalue weighted by Crippen LogP contribution is 2.59. The summed E-state index contributed by atoms with van der Waals surface area (Å²) in [6, 6.07) is 56.4. The lowest BCUT2D eigenvalue weighted by atomic mass is 9.67. The lowest BCUT2D eigenvalue weighted by molar-refractivity contribution is 0.768. The molecule has 0 fully saturated rings. The van der Waals surface area contributed by atoms with Crippen LogP contribution in [0.25, 0.3) is 44.8 Å². The molecule has 0 saturated heterocycles. The maximum absolute atomic E-state index is 4.93. The van der Waals surface area contributed by atoms with Crippen LogP contribution in [0.5, 0.6) is 0 Å². The molecule has 0 unspecified atom stereocenters. The number of rotatable bonds is 5. The first-order chi connectivity index (χ1) is 21.4. The normalized spacial score (nSPS) is 12.8. The molecule has 2 aromatic heterocycles. The van der Waals surface area contributed by atoms with Gasteiger partial charge >= 0.3 is 0 Å². The fraction of sp³-hybridized carbons (Fsp3) is 0.0244. The van der Waals surface area contributed by atoms with Crippen molar-refractivity contribution in [2.45, 2.75) is 5.41 Å². The van der Waals surface area contributed by atoms with Crippen LogP contribution in [0.3, 0.4) is 0 Å². The summed E-state index contributed by atoms with van der Waals surface area (Å²) >= 11 is 0. The Morgan fingerprint density at radius 3 is 1.53 bits per heavy atom. The van der Waals surface area contributed by atoms with Gasteiger partial charge in [-0.2, -0.15) is 0 Å². The van der Waals surface area contributed by atoms with E-state index in [0.717, 1.165) is 33.6 Å². The second kappa shape index (κ2) is 10.3. The number of hydrogen-bond donors (Lipinski definition) is 0. The van der Waals surface area contributed by atoms with Gasteiger partial charge in [0.05, 0.1) is 16.8 Å². The molecule has 2 nitrogen and oxygen atoms in total. The molecule has 1 aliphatic carbocycles.